The van der Waals surface area contributed by atoms with Crippen LogP contribution in [0.5, 0.6) is 0 Å². The van der Waals surface area contributed by atoms with Crippen LogP contribution in [0.1, 0.15) is 32.3 Å². The van der Waals surface area contributed by atoms with Crippen LogP contribution in [0.15, 0.2) is 36.0 Å². The summed E-state index contributed by atoms with van der Waals surface area (Å²) in [7, 11) is 0. The molecule has 0 radical (unpaired) electrons. The molecule has 0 atom stereocenters. The second-order valence-corrected chi connectivity index (χ2v) is 4.40. The molecule has 0 saturated heterocycles. The minimum atomic E-state index is -0.359. The first-order chi connectivity index (χ1) is 8.14. The largest absolute Gasteiger partial charge is 0.399 e. The van der Waals surface area contributed by atoms with Crippen LogP contribution in [0, 0.1) is 0 Å². The molecule has 2 rings (SSSR count). The van der Waals surface area contributed by atoms with Gasteiger partial charge in [-0.25, -0.2) is 0 Å². The van der Waals surface area contributed by atoms with Gasteiger partial charge in [0.15, 0.2) is 0 Å². The molecule has 3 heteroatoms. The fraction of sp³-hybridized carbons (Fsp3) is 0.357. The third kappa shape index (κ3) is 1.71. The van der Waals surface area contributed by atoms with E-state index in [0.717, 1.165) is 18.4 Å². The van der Waals surface area contributed by atoms with Crippen molar-refractivity contribution in [3.63, 3.8) is 0 Å². The number of benzene rings is 1. The molecule has 0 fully saturated rings. The molecular weight excluding hydrogens is 212 g/mol. The van der Waals surface area contributed by atoms with Gasteiger partial charge in [0, 0.05) is 5.70 Å². The standard InChI is InChI=1S/C14H18N2O/c1-3-14(4-2)12(15)11(13(17)16-14)10-8-6-5-7-9-10/h5-9H,3-4,15H2,1-2H3,(H,16,17). The maximum Gasteiger partial charge on any atom is 0.254 e. The summed E-state index contributed by atoms with van der Waals surface area (Å²) in [6.45, 7) is 4.09. The first-order valence-corrected chi connectivity index (χ1v) is 6.02. The van der Waals surface area contributed by atoms with Crippen LogP contribution in [0.25, 0.3) is 5.57 Å². The predicted molar refractivity (Wildman–Crippen MR) is 69.0 cm³/mol. The van der Waals surface area contributed by atoms with E-state index in [1.165, 1.54) is 0 Å². The van der Waals surface area contributed by atoms with E-state index < -0.39 is 0 Å². The lowest BCUT2D eigenvalue weighted by Crippen LogP contribution is -2.45. The molecule has 1 aliphatic rings. The van der Waals surface area contributed by atoms with Gasteiger partial charge >= 0.3 is 0 Å². The van der Waals surface area contributed by atoms with Crippen molar-refractivity contribution in [3.8, 4) is 0 Å². The van der Waals surface area contributed by atoms with E-state index in [0.29, 0.717) is 11.3 Å². The van der Waals surface area contributed by atoms with E-state index >= 15 is 0 Å². The Morgan fingerprint density at radius 1 is 1.18 bits per heavy atom. The average Bonchev–Trinajstić information content (AvgIpc) is 2.62. The number of rotatable bonds is 3. The first kappa shape index (κ1) is 11.7. The summed E-state index contributed by atoms with van der Waals surface area (Å²) >= 11 is 0. The van der Waals surface area contributed by atoms with Crippen LogP contribution >= 0.6 is 0 Å². The van der Waals surface area contributed by atoms with Gasteiger partial charge in [0.25, 0.3) is 5.91 Å². The van der Waals surface area contributed by atoms with E-state index in [9.17, 15) is 4.79 Å². The molecule has 3 nitrogen and oxygen atoms in total. The summed E-state index contributed by atoms with van der Waals surface area (Å²) in [5.41, 5.74) is 8.05. The van der Waals surface area contributed by atoms with E-state index in [1.807, 2.05) is 44.2 Å². The highest BCUT2D eigenvalue weighted by molar-refractivity contribution is 6.23. The molecule has 1 heterocycles. The number of hydrogen-bond acceptors (Lipinski definition) is 2. The predicted octanol–water partition coefficient (Wildman–Crippen LogP) is 2.04. The van der Waals surface area contributed by atoms with Gasteiger partial charge in [-0.1, -0.05) is 44.2 Å². The topological polar surface area (TPSA) is 55.1 Å². The number of carbonyl (C=O) groups is 1. The lowest BCUT2D eigenvalue weighted by atomic mass is 9.89. The molecule has 90 valence electrons. The Hall–Kier alpha value is -1.77. The normalized spacial score (nSPS) is 18.4. The van der Waals surface area contributed by atoms with E-state index in [2.05, 4.69) is 5.32 Å². The fourth-order valence-corrected chi connectivity index (χ4v) is 2.41. The Labute approximate surface area is 102 Å². The maximum absolute atomic E-state index is 12.1. The summed E-state index contributed by atoms with van der Waals surface area (Å²) in [6.07, 6.45) is 1.63. The van der Waals surface area contributed by atoms with Crippen LogP contribution in [0.2, 0.25) is 0 Å². The third-order valence-corrected chi connectivity index (χ3v) is 3.63. The number of nitrogens with two attached hydrogens (primary N) is 1. The lowest BCUT2D eigenvalue weighted by molar-refractivity contribution is -0.116. The lowest BCUT2D eigenvalue weighted by Gasteiger charge is -2.27. The molecule has 0 aliphatic carbocycles. The van der Waals surface area contributed by atoms with Gasteiger partial charge in [0.2, 0.25) is 0 Å². The molecule has 0 unspecified atom stereocenters. The second-order valence-electron chi connectivity index (χ2n) is 4.40. The molecule has 3 N–H and O–H groups in total. The Morgan fingerprint density at radius 2 is 1.76 bits per heavy atom. The highest BCUT2D eigenvalue weighted by Crippen LogP contribution is 2.34. The number of hydrogen-bond donors (Lipinski definition) is 2. The monoisotopic (exact) mass is 230 g/mol. The molecule has 17 heavy (non-hydrogen) atoms. The van der Waals surface area contributed by atoms with Crippen LogP contribution in [0.3, 0.4) is 0 Å². The quantitative estimate of drug-likeness (QED) is 0.835. The Morgan fingerprint density at radius 3 is 2.24 bits per heavy atom. The van der Waals surface area contributed by atoms with Crippen molar-refractivity contribution < 1.29 is 4.79 Å². The SMILES string of the molecule is CCC1(CC)NC(=O)C(c2ccccc2)=C1N. The van der Waals surface area contributed by atoms with Gasteiger partial charge < -0.3 is 11.1 Å². The van der Waals surface area contributed by atoms with Crippen molar-refractivity contribution in [2.24, 2.45) is 5.73 Å². The highest BCUT2D eigenvalue weighted by atomic mass is 16.2. The minimum absolute atomic E-state index is 0.0580. The molecular formula is C14H18N2O. The zero-order chi connectivity index (χ0) is 12.5. The number of amides is 1. The third-order valence-electron chi connectivity index (χ3n) is 3.63. The summed E-state index contributed by atoms with van der Waals surface area (Å²) in [5.74, 6) is -0.0580. The van der Waals surface area contributed by atoms with E-state index in [-0.39, 0.29) is 11.4 Å². The van der Waals surface area contributed by atoms with Gasteiger partial charge in [-0.3, -0.25) is 4.79 Å². The van der Waals surface area contributed by atoms with Crippen LogP contribution in [-0.4, -0.2) is 11.4 Å². The van der Waals surface area contributed by atoms with Gasteiger partial charge in [-0.2, -0.15) is 0 Å². The smallest absolute Gasteiger partial charge is 0.254 e. The molecule has 1 aromatic rings. The molecule has 0 spiro atoms. The Bertz CT molecular complexity index is 458. The zero-order valence-corrected chi connectivity index (χ0v) is 10.3. The number of carbonyl (C=O) groups excluding carboxylic acids is 1. The first-order valence-electron chi connectivity index (χ1n) is 6.02. The summed E-state index contributed by atoms with van der Waals surface area (Å²) in [4.78, 5) is 12.1. The fourth-order valence-electron chi connectivity index (χ4n) is 2.41. The van der Waals surface area contributed by atoms with Crippen LogP contribution in [0.4, 0.5) is 0 Å². The van der Waals surface area contributed by atoms with Crippen LogP contribution < -0.4 is 11.1 Å². The molecule has 0 bridgehead atoms. The number of nitrogens with one attached hydrogen (secondary N) is 1. The van der Waals surface area contributed by atoms with Gasteiger partial charge in [-0.05, 0) is 18.4 Å². The van der Waals surface area contributed by atoms with Crippen molar-refractivity contribution in [2.75, 3.05) is 0 Å². The minimum Gasteiger partial charge on any atom is -0.399 e. The van der Waals surface area contributed by atoms with Crippen molar-refractivity contribution >= 4 is 11.5 Å². The average molecular weight is 230 g/mol. The van der Waals surface area contributed by atoms with Crippen LogP contribution in [-0.2, 0) is 4.79 Å². The van der Waals surface area contributed by atoms with Gasteiger partial charge in [-0.15, -0.1) is 0 Å². The van der Waals surface area contributed by atoms with Crippen molar-refractivity contribution in [3.05, 3.63) is 41.6 Å². The molecule has 1 aromatic carbocycles. The molecule has 1 aliphatic heterocycles. The molecule has 1 amide bonds. The Balaban J connectivity index is 2.53. The van der Waals surface area contributed by atoms with Gasteiger partial charge in [0.1, 0.15) is 0 Å². The summed E-state index contributed by atoms with van der Waals surface area (Å²) in [6, 6.07) is 9.61. The highest BCUT2D eigenvalue weighted by Gasteiger charge is 2.41. The van der Waals surface area contributed by atoms with Crippen molar-refractivity contribution in [1.29, 1.82) is 0 Å². The molecule has 0 saturated carbocycles. The van der Waals surface area contributed by atoms with Crippen molar-refractivity contribution in [2.45, 2.75) is 32.2 Å². The van der Waals surface area contributed by atoms with E-state index in [4.69, 9.17) is 5.73 Å². The zero-order valence-electron chi connectivity index (χ0n) is 10.3. The maximum atomic E-state index is 12.1. The van der Waals surface area contributed by atoms with Gasteiger partial charge in [0.05, 0.1) is 11.1 Å². The van der Waals surface area contributed by atoms with E-state index in [1.54, 1.807) is 0 Å². The molecule has 0 aromatic heterocycles. The Kier molecular flexibility index (Phi) is 2.92. The summed E-state index contributed by atoms with van der Waals surface area (Å²) in [5, 5.41) is 3.03. The second kappa shape index (κ2) is 4.24. The van der Waals surface area contributed by atoms with Crippen molar-refractivity contribution in [1.82, 2.24) is 5.32 Å². The summed E-state index contributed by atoms with van der Waals surface area (Å²) < 4.78 is 0.